The van der Waals surface area contributed by atoms with Gasteiger partial charge in [0.1, 0.15) is 0 Å². The first kappa shape index (κ1) is 6.71. The van der Waals surface area contributed by atoms with Crippen molar-refractivity contribution in [2.24, 2.45) is 11.3 Å². The molecule has 2 rings (SSSR count). The van der Waals surface area contributed by atoms with Gasteiger partial charge in [0.25, 0.3) is 0 Å². The number of carbonyl (C=O) groups excluding carboxylic acids is 1. The molecule has 0 N–H and O–H groups in total. The highest BCUT2D eigenvalue weighted by Gasteiger charge is 2.49. The monoisotopic (exact) mass is 156 g/mol. The second kappa shape index (κ2) is 2.00. The molecule has 2 heteroatoms. The Bertz CT molecular complexity index is 164. The summed E-state index contributed by atoms with van der Waals surface area (Å²) in [5.41, 5.74) is 0.628. The Labute approximate surface area is 66.6 Å². The Kier molecular flexibility index (Phi) is 1.34. The summed E-state index contributed by atoms with van der Waals surface area (Å²) in [4.78, 5) is 10.7. The van der Waals surface area contributed by atoms with E-state index in [2.05, 4.69) is 12.6 Å². The molecule has 0 aromatic heterocycles. The van der Waals surface area contributed by atoms with Crippen LogP contribution in [-0.4, -0.2) is 5.12 Å². The van der Waals surface area contributed by atoms with Crippen molar-refractivity contribution in [3.05, 3.63) is 0 Å². The Morgan fingerprint density at radius 2 is 2.00 bits per heavy atom. The molecule has 2 saturated carbocycles. The van der Waals surface area contributed by atoms with E-state index in [1.54, 1.807) is 0 Å². The molecule has 0 aliphatic heterocycles. The van der Waals surface area contributed by atoms with E-state index in [1.807, 2.05) is 0 Å². The molecule has 0 aromatic carbocycles. The summed E-state index contributed by atoms with van der Waals surface area (Å²) in [6, 6.07) is 0. The predicted octanol–water partition coefficient (Wildman–Crippen LogP) is 2.02. The Morgan fingerprint density at radius 3 is 2.30 bits per heavy atom. The second-order valence-electron chi connectivity index (χ2n) is 3.80. The van der Waals surface area contributed by atoms with Gasteiger partial charge in [0.05, 0.1) is 0 Å². The molecule has 0 amide bonds. The highest BCUT2D eigenvalue weighted by atomic mass is 32.1. The zero-order chi connectivity index (χ0) is 7.19. The largest absolute Gasteiger partial charge is 0.287 e. The van der Waals surface area contributed by atoms with Crippen molar-refractivity contribution in [3.8, 4) is 0 Å². The summed E-state index contributed by atoms with van der Waals surface area (Å²) < 4.78 is 0. The van der Waals surface area contributed by atoms with Gasteiger partial charge in [-0.25, -0.2) is 0 Å². The van der Waals surface area contributed by atoms with Crippen molar-refractivity contribution in [3.63, 3.8) is 0 Å². The fourth-order valence-electron chi connectivity index (χ4n) is 2.25. The normalized spacial score (nSPS) is 29.3. The summed E-state index contributed by atoms with van der Waals surface area (Å²) >= 11 is 3.83. The molecule has 56 valence electrons. The lowest BCUT2D eigenvalue weighted by atomic mass is 9.52. The van der Waals surface area contributed by atoms with E-state index >= 15 is 0 Å². The summed E-state index contributed by atoms with van der Waals surface area (Å²) in [6.07, 6.45) is 6.38. The molecule has 0 atom stereocenters. The molecule has 2 fully saturated rings. The smallest absolute Gasteiger partial charge is 0.189 e. The maximum Gasteiger partial charge on any atom is 0.189 e. The van der Waals surface area contributed by atoms with Crippen molar-refractivity contribution in [2.45, 2.75) is 32.1 Å². The van der Waals surface area contributed by atoms with E-state index < -0.39 is 0 Å². The van der Waals surface area contributed by atoms with Crippen LogP contribution in [0.3, 0.4) is 0 Å². The minimum atomic E-state index is 0.109. The van der Waals surface area contributed by atoms with Gasteiger partial charge in [-0.1, -0.05) is 6.42 Å². The molecule has 0 aromatic rings. The fraction of sp³-hybridized carbons (Fsp3) is 0.875. The average molecular weight is 156 g/mol. The van der Waals surface area contributed by atoms with Gasteiger partial charge in [0.2, 0.25) is 0 Å². The summed E-state index contributed by atoms with van der Waals surface area (Å²) in [7, 11) is 0. The summed E-state index contributed by atoms with van der Waals surface area (Å²) in [5, 5.41) is 0.109. The van der Waals surface area contributed by atoms with Crippen molar-refractivity contribution >= 4 is 17.7 Å². The number of hydrogen-bond acceptors (Lipinski definition) is 1. The highest BCUT2D eigenvalue weighted by molar-refractivity contribution is 7.96. The van der Waals surface area contributed by atoms with Crippen molar-refractivity contribution in [1.82, 2.24) is 0 Å². The molecular formula is C8H12OS. The van der Waals surface area contributed by atoms with E-state index in [1.165, 1.54) is 19.3 Å². The van der Waals surface area contributed by atoms with E-state index in [-0.39, 0.29) is 5.12 Å². The molecule has 1 spiro atoms. The molecule has 0 saturated heterocycles. The van der Waals surface area contributed by atoms with E-state index in [4.69, 9.17) is 0 Å². The van der Waals surface area contributed by atoms with Crippen LogP contribution in [0.5, 0.6) is 0 Å². The topological polar surface area (TPSA) is 17.1 Å². The molecule has 0 unspecified atom stereocenters. The van der Waals surface area contributed by atoms with Gasteiger partial charge in [0, 0.05) is 5.92 Å². The zero-order valence-electron chi connectivity index (χ0n) is 5.97. The Morgan fingerprint density at radius 1 is 1.40 bits per heavy atom. The molecule has 2 aliphatic rings. The molecule has 2 aliphatic carbocycles. The fourth-order valence-corrected chi connectivity index (χ4v) is 2.43. The van der Waals surface area contributed by atoms with Crippen molar-refractivity contribution < 1.29 is 4.79 Å². The van der Waals surface area contributed by atoms with E-state index in [0.29, 0.717) is 11.3 Å². The van der Waals surface area contributed by atoms with Crippen LogP contribution in [0.25, 0.3) is 0 Å². The maximum absolute atomic E-state index is 10.7. The second-order valence-corrected chi connectivity index (χ2v) is 4.24. The van der Waals surface area contributed by atoms with E-state index in [0.717, 1.165) is 12.8 Å². The summed E-state index contributed by atoms with van der Waals surface area (Å²) in [5.74, 6) is 0.309. The van der Waals surface area contributed by atoms with Crippen LogP contribution in [0.15, 0.2) is 0 Å². The average Bonchev–Trinajstić information content (AvgIpc) is 1.54. The van der Waals surface area contributed by atoms with Gasteiger partial charge in [0.15, 0.2) is 5.12 Å². The highest BCUT2D eigenvalue weighted by Crippen LogP contribution is 2.58. The number of thiol groups is 1. The van der Waals surface area contributed by atoms with Crippen LogP contribution >= 0.6 is 12.6 Å². The van der Waals surface area contributed by atoms with Crippen molar-refractivity contribution in [1.29, 1.82) is 0 Å². The Hall–Kier alpha value is 0.0200. The van der Waals surface area contributed by atoms with E-state index in [9.17, 15) is 4.79 Å². The Balaban J connectivity index is 1.88. The minimum absolute atomic E-state index is 0.109. The quantitative estimate of drug-likeness (QED) is 0.575. The lowest BCUT2D eigenvalue weighted by Gasteiger charge is -2.53. The number of hydrogen-bond donors (Lipinski definition) is 1. The van der Waals surface area contributed by atoms with Gasteiger partial charge in [-0.05, 0) is 31.1 Å². The maximum atomic E-state index is 10.7. The first-order valence-electron chi connectivity index (χ1n) is 3.95. The van der Waals surface area contributed by atoms with Gasteiger partial charge in [-0.15, -0.1) is 12.6 Å². The van der Waals surface area contributed by atoms with Gasteiger partial charge in [-0.3, -0.25) is 4.79 Å². The SMILES string of the molecule is O=C(S)C1CC2(CCC2)C1. The molecule has 0 heterocycles. The minimum Gasteiger partial charge on any atom is -0.287 e. The van der Waals surface area contributed by atoms with Crippen LogP contribution in [0.1, 0.15) is 32.1 Å². The predicted molar refractivity (Wildman–Crippen MR) is 43.0 cm³/mol. The third kappa shape index (κ3) is 0.815. The molecular weight excluding hydrogens is 144 g/mol. The van der Waals surface area contributed by atoms with Crippen molar-refractivity contribution in [2.75, 3.05) is 0 Å². The van der Waals surface area contributed by atoms with Crippen LogP contribution in [0.4, 0.5) is 0 Å². The van der Waals surface area contributed by atoms with Crippen LogP contribution < -0.4 is 0 Å². The lowest BCUT2D eigenvalue weighted by Crippen LogP contribution is -2.44. The lowest BCUT2D eigenvalue weighted by molar-refractivity contribution is -0.125. The van der Waals surface area contributed by atoms with Crippen LogP contribution in [-0.2, 0) is 4.79 Å². The first-order valence-corrected chi connectivity index (χ1v) is 4.39. The number of carbonyl (C=O) groups is 1. The molecule has 10 heavy (non-hydrogen) atoms. The van der Waals surface area contributed by atoms with Gasteiger partial charge >= 0.3 is 0 Å². The van der Waals surface area contributed by atoms with Crippen LogP contribution in [0, 0.1) is 11.3 Å². The molecule has 0 bridgehead atoms. The number of rotatable bonds is 1. The third-order valence-electron chi connectivity index (χ3n) is 3.12. The first-order chi connectivity index (χ1) is 4.72. The third-order valence-corrected chi connectivity index (χ3v) is 3.49. The summed E-state index contributed by atoms with van der Waals surface area (Å²) in [6.45, 7) is 0. The van der Waals surface area contributed by atoms with Gasteiger partial charge in [-0.2, -0.15) is 0 Å². The molecule has 0 radical (unpaired) electrons. The van der Waals surface area contributed by atoms with Gasteiger partial charge < -0.3 is 0 Å². The van der Waals surface area contributed by atoms with Crippen LogP contribution in [0.2, 0.25) is 0 Å². The zero-order valence-corrected chi connectivity index (χ0v) is 6.86. The standard InChI is InChI=1S/C8H12OS/c9-7(10)6-4-8(5-6)2-1-3-8/h6H,1-5H2,(H,9,10). The molecule has 1 nitrogen and oxygen atoms in total.